The van der Waals surface area contributed by atoms with E-state index in [1.54, 1.807) is 0 Å². The van der Waals surface area contributed by atoms with Gasteiger partial charge in [0.15, 0.2) is 0 Å². The lowest BCUT2D eigenvalue weighted by molar-refractivity contribution is -0.0670. The molecule has 1 saturated heterocycles. The van der Waals surface area contributed by atoms with E-state index in [9.17, 15) is 5.11 Å². The van der Waals surface area contributed by atoms with Crippen molar-refractivity contribution < 1.29 is 20.1 Å². The molecule has 1 aliphatic heterocycles. The molecule has 0 aromatic carbocycles. The number of hydrogen-bond acceptors (Lipinski definition) is 4. The first kappa shape index (κ1) is 9.99. The van der Waals surface area contributed by atoms with E-state index in [-0.39, 0.29) is 13.2 Å². The molecule has 0 aromatic heterocycles. The summed E-state index contributed by atoms with van der Waals surface area (Å²) in [6.45, 7) is 0.962. The van der Waals surface area contributed by atoms with Crippen LogP contribution in [0.15, 0.2) is 0 Å². The molecule has 4 nitrogen and oxygen atoms in total. The molecule has 1 fully saturated rings. The maximum Gasteiger partial charge on any atom is 0.109 e. The summed E-state index contributed by atoms with van der Waals surface area (Å²) >= 11 is 0. The maximum atomic E-state index is 9.76. The second-order valence-electron chi connectivity index (χ2n) is 3.29. The number of rotatable bonds is 2. The highest BCUT2D eigenvalue weighted by atomic mass is 16.5. The Bertz CT molecular complexity index is 161. The van der Waals surface area contributed by atoms with Gasteiger partial charge in [0.2, 0.25) is 0 Å². The first-order chi connectivity index (χ1) is 5.54. The quantitative estimate of drug-likeness (QED) is 0.431. The summed E-state index contributed by atoms with van der Waals surface area (Å²) < 4.78 is 5.05. The highest BCUT2D eigenvalue weighted by Gasteiger charge is 2.49. The van der Waals surface area contributed by atoms with Gasteiger partial charge in [0, 0.05) is 11.9 Å². The van der Waals surface area contributed by atoms with Crippen molar-refractivity contribution in [3.8, 4) is 0 Å². The Balaban J connectivity index is 2.76. The van der Waals surface area contributed by atoms with E-state index in [0.29, 0.717) is 0 Å². The van der Waals surface area contributed by atoms with Crippen molar-refractivity contribution in [2.75, 3.05) is 13.2 Å². The number of hydrogen-bond donors (Lipinski definition) is 3. The third-order valence-corrected chi connectivity index (χ3v) is 2.48. The lowest BCUT2D eigenvalue weighted by Crippen LogP contribution is -2.44. The van der Waals surface area contributed by atoms with Crippen LogP contribution in [0.25, 0.3) is 0 Å². The molecular weight excluding hydrogens is 159 g/mol. The molecule has 0 amide bonds. The van der Waals surface area contributed by atoms with Crippen molar-refractivity contribution >= 4 is 7.85 Å². The molecule has 0 saturated carbocycles. The molecule has 5 heteroatoms. The molecule has 1 aliphatic rings. The molecule has 1 rings (SSSR count). The van der Waals surface area contributed by atoms with Crippen molar-refractivity contribution in [2.24, 2.45) is 5.92 Å². The van der Waals surface area contributed by atoms with E-state index in [1.165, 1.54) is 6.92 Å². The molecule has 68 valence electrons. The summed E-state index contributed by atoms with van der Waals surface area (Å²) in [6.07, 6.45) is -0.704. The van der Waals surface area contributed by atoms with Crippen LogP contribution in [-0.2, 0) is 4.74 Å². The molecule has 0 bridgehead atoms. The van der Waals surface area contributed by atoms with Crippen LogP contribution in [0, 0.1) is 5.92 Å². The average molecular weight is 172 g/mol. The standard InChI is InChI=1S/C7H13BO4/c1-7(11)4(2-9)6(8)12-5(7)3-10/h4-6,9-11H,2-3H2,1H3/t4-,5+,6+,7-/m0/s1. The first-order valence-electron chi connectivity index (χ1n) is 3.89. The summed E-state index contributed by atoms with van der Waals surface area (Å²) in [7, 11) is 5.48. The Kier molecular flexibility index (Phi) is 2.78. The Morgan fingerprint density at radius 2 is 2.00 bits per heavy atom. The van der Waals surface area contributed by atoms with Crippen molar-refractivity contribution in [1.29, 1.82) is 0 Å². The molecule has 4 atom stereocenters. The Labute approximate surface area is 72.6 Å². The third kappa shape index (κ3) is 1.37. The number of aliphatic hydroxyl groups is 3. The minimum atomic E-state index is -1.25. The van der Waals surface area contributed by atoms with Gasteiger partial charge >= 0.3 is 0 Å². The van der Waals surface area contributed by atoms with Crippen LogP contribution in [0.2, 0.25) is 0 Å². The topological polar surface area (TPSA) is 69.9 Å². The van der Waals surface area contributed by atoms with E-state index in [0.717, 1.165) is 0 Å². The van der Waals surface area contributed by atoms with Crippen molar-refractivity contribution in [2.45, 2.75) is 24.6 Å². The molecule has 0 aromatic rings. The smallest absolute Gasteiger partial charge is 0.109 e. The molecular formula is C7H13BO4. The zero-order valence-electron chi connectivity index (χ0n) is 6.97. The summed E-state index contributed by atoms with van der Waals surface area (Å²) in [5.41, 5.74) is -1.25. The monoisotopic (exact) mass is 172 g/mol. The van der Waals surface area contributed by atoms with Crippen LogP contribution in [0.3, 0.4) is 0 Å². The van der Waals surface area contributed by atoms with Crippen LogP contribution in [0.1, 0.15) is 6.92 Å². The summed E-state index contributed by atoms with van der Waals surface area (Å²) in [4.78, 5) is 0. The van der Waals surface area contributed by atoms with Gasteiger partial charge in [-0.1, -0.05) is 0 Å². The zero-order chi connectivity index (χ0) is 9.35. The second-order valence-corrected chi connectivity index (χ2v) is 3.29. The van der Waals surface area contributed by atoms with E-state index >= 15 is 0 Å². The van der Waals surface area contributed by atoms with E-state index in [4.69, 9.17) is 22.8 Å². The van der Waals surface area contributed by atoms with Gasteiger partial charge in [-0.2, -0.15) is 0 Å². The van der Waals surface area contributed by atoms with Crippen molar-refractivity contribution in [1.82, 2.24) is 0 Å². The Morgan fingerprint density at radius 1 is 1.42 bits per heavy atom. The van der Waals surface area contributed by atoms with Gasteiger partial charge in [-0.25, -0.2) is 0 Å². The van der Waals surface area contributed by atoms with Gasteiger partial charge in [-0.15, -0.1) is 0 Å². The summed E-state index contributed by atoms with van der Waals surface area (Å²) in [5.74, 6) is -0.533. The molecule has 12 heavy (non-hydrogen) atoms. The SMILES string of the molecule is [B][C@@H]1O[C@H](CO)[C@@](C)(O)[C@H]1CO. The highest BCUT2D eigenvalue weighted by molar-refractivity contribution is 6.11. The van der Waals surface area contributed by atoms with E-state index < -0.39 is 23.6 Å². The predicted octanol–water partition coefficient (Wildman–Crippen LogP) is -1.77. The van der Waals surface area contributed by atoms with Gasteiger partial charge in [0.05, 0.1) is 18.8 Å². The van der Waals surface area contributed by atoms with Gasteiger partial charge < -0.3 is 20.1 Å². The summed E-state index contributed by atoms with van der Waals surface area (Å²) in [5, 5.41) is 27.5. The summed E-state index contributed by atoms with van der Waals surface area (Å²) in [6, 6.07) is -0.706. The number of ether oxygens (including phenoxy) is 1. The van der Waals surface area contributed by atoms with Crippen LogP contribution in [0.4, 0.5) is 0 Å². The lowest BCUT2D eigenvalue weighted by Gasteiger charge is -2.27. The molecule has 3 N–H and O–H groups in total. The average Bonchev–Trinajstić information content (AvgIpc) is 2.21. The zero-order valence-corrected chi connectivity index (χ0v) is 6.97. The fourth-order valence-corrected chi connectivity index (χ4v) is 1.51. The molecule has 0 aliphatic carbocycles. The van der Waals surface area contributed by atoms with Crippen LogP contribution in [0.5, 0.6) is 0 Å². The minimum absolute atomic E-state index is 0.245. The fraction of sp³-hybridized carbons (Fsp3) is 1.00. The fourth-order valence-electron chi connectivity index (χ4n) is 1.51. The number of aliphatic hydroxyl groups excluding tert-OH is 2. The molecule has 1 heterocycles. The van der Waals surface area contributed by atoms with Gasteiger partial charge in [0.1, 0.15) is 14.0 Å². The second kappa shape index (κ2) is 3.34. The van der Waals surface area contributed by atoms with Gasteiger partial charge in [-0.3, -0.25) is 0 Å². The van der Waals surface area contributed by atoms with Crippen molar-refractivity contribution in [3.63, 3.8) is 0 Å². The molecule has 0 spiro atoms. The van der Waals surface area contributed by atoms with Crippen molar-refractivity contribution in [3.05, 3.63) is 0 Å². The lowest BCUT2D eigenvalue weighted by atomic mass is 9.78. The predicted molar refractivity (Wildman–Crippen MR) is 42.7 cm³/mol. The minimum Gasteiger partial charge on any atom is -0.396 e. The third-order valence-electron chi connectivity index (χ3n) is 2.48. The first-order valence-corrected chi connectivity index (χ1v) is 3.89. The highest BCUT2D eigenvalue weighted by Crippen LogP contribution is 2.34. The van der Waals surface area contributed by atoms with Crippen LogP contribution in [-0.4, -0.2) is 54.1 Å². The largest absolute Gasteiger partial charge is 0.396 e. The molecule has 2 radical (unpaired) electrons. The Hall–Kier alpha value is -0.0951. The van der Waals surface area contributed by atoms with Crippen LogP contribution >= 0.6 is 0 Å². The van der Waals surface area contributed by atoms with Crippen LogP contribution < -0.4 is 0 Å². The van der Waals surface area contributed by atoms with E-state index in [2.05, 4.69) is 0 Å². The maximum absolute atomic E-state index is 9.76. The van der Waals surface area contributed by atoms with Gasteiger partial charge in [0.25, 0.3) is 0 Å². The molecule has 0 unspecified atom stereocenters. The Morgan fingerprint density at radius 3 is 2.25 bits per heavy atom. The van der Waals surface area contributed by atoms with Gasteiger partial charge in [-0.05, 0) is 6.92 Å². The normalized spacial score (nSPS) is 48.2. The van der Waals surface area contributed by atoms with E-state index in [1.807, 2.05) is 0 Å².